The highest BCUT2D eigenvalue weighted by atomic mass is 35.5. The molecule has 1 heterocycles. The highest BCUT2D eigenvalue weighted by Gasteiger charge is 2.49. The average molecular weight is 336 g/mol. The van der Waals surface area contributed by atoms with Crippen molar-refractivity contribution in [1.82, 2.24) is 4.90 Å². The van der Waals surface area contributed by atoms with Gasteiger partial charge in [0.05, 0.1) is 23.1 Å². The number of carbonyl (C=O) groups excluding carboxylic acids is 1. The SMILES string of the molecule is CC(C)(C)OC(=O)N1CC(O)(c2c(F)ccc(Cl)c2Cl)C1. The summed E-state index contributed by atoms with van der Waals surface area (Å²) in [5.41, 5.74) is -2.27. The van der Waals surface area contributed by atoms with Crippen LogP contribution in [0.1, 0.15) is 26.3 Å². The van der Waals surface area contributed by atoms with Crippen LogP contribution >= 0.6 is 23.2 Å². The standard InChI is InChI=1S/C14H16Cl2FNO3/c1-13(2,3)21-12(19)18-6-14(20,7-18)10-9(17)5-4-8(15)11(10)16/h4-5,20H,6-7H2,1-3H3. The molecule has 0 bridgehead atoms. The van der Waals surface area contributed by atoms with E-state index in [1.165, 1.54) is 11.0 Å². The zero-order valence-electron chi connectivity index (χ0n) is 11.9. The Bertz CT molecular complexity index is 580. The van der Waals surface area contributed by atoms with E-state index >= 15 is 0 Å². The monoisotopic (exact) mass is 335 g/mol. The summed E-state index contributed by atoms with van der Waals surface area (Å²) in [6.07, 6.45) is -0.564. The first-order valence-corrected chi connectivity index (χ1v) is 7.13. The average Bonchev–Trinajstić information content (AvgIpc) is 2.28. The summed E-state index contributed by atoms with van der Waals surface area (Å²) in [7, 11) is 0. The van der Waals surface area contributed by atoms with Crippen LogP contribution in [0.15, 0.2) is 12.1 Å². The third kappa shape index (κ3) is 3.25. The van der Waals surface area contributed by atoms with Gasteiger partial charge in [-0.2, -0.15) is 0 Å². The van der Waals surface area contributed by atoms with Gasteiger partial charge in [0.25, 0.3) is 0 Å². The van der Waals surface area contributed by atoms with E-state index < -0.39 is 23.1 Å². The topological polar surface area (TPSA) is 49.8 Å². The van der Waals surface area contributed by atoms with E-state index in [-0.39, 0.29) is 28.7 Å². The van der Waals surface area contributed by atoms with Crippen molar-refractivity contribution in [2.45, 2.75) is 32.0 Å². The maximum absolute atomic E-state index is 13.9. The van der Waals surface area contributed by atoms with E-state index in [1.807, 2.05) is 0 Å². The number of benzene rings is 1. The lowest BCUT2D eigenvalue weighted by atomic mass is 9.86. The van der Waals surface area contributed by atoms with E-state index in [4.69, 9.17) is 27.9 Å². The van der Waals surface area contributed by atoms with Crippen molar-refractivity contribution in [3.63, 3.8) is 0 Å². The molecule has 0 aliphatic carbocycles. The molecule has 0 atom stereocenters. The largest absolute Gasteiger partial charge is 0.444 e. The van der Waals surface area contributed by atoms with Gasteiger partial charge >= 0.3 is 6.09 Å². The number of nitrogens with zero attached hydrogens (tertiary/aromatic N) is 1. The van der Waals surface area contributed by atoms with Crippen LogP contribution in [-0.2, 0) is 10.3 Å². The first-order chi connectivity index (χ1) is 9.53. The molecule has 1 fully saturated rings. The first kappa shape index (κ1) is 16.3. The summed E-state index contributed by atoms with van der Waals surface area (Å²) >= 11 is 11.8. The van der Waals surface area contributed by atoms with Crippen molar-refractivity contribution >= 4 is 29.3 Å². The lowest BCUT2D eigenvalue weighted by Crippen LogP contribution is -2.62. The van der Waals surface area contributed by atoms with Crippen LogP contribution < -0.4 is 0 Å². The second-order valence-electron chi connectivity index (χ2n) is 6.09. The fraction of sp³-hybridized carbons (Fsp3) is 0.500. The molecule has 7 heteroatoms. The lowest BCUT2D eigenvalue weighted by Gasteiger charge is -2.46. The molecule has 1 amide bonds. The number of ether oxygens (including phenoxy) is 1. The van der Waals surface area contributed by atoms with Crippen LogP contribution in [0.3, 0.4) is 0 Å². The van der Waals surface area contributed by atoms with Crippen LogP contribution in [0.4, 0.5) is 9.18 Å². The zero-order valence-corrected chi connectivity index (χ0v) is 13.4. The fourth-order valence-electron chi connectivity index (χ4n) is 2.15. The molecule has 1 aliphatic rings. The van der Waals surface area contributed by atoms with Gasteiger partial charge in [-0.3, -0.25) is 0 Å². The van der Waals surface area contributed by atoms with Gasteiger partial charge in [-0.25, -0.2) is 9.18 Å². The molecule has 116 valence electrons. The fourth-order valence-corrected chi connectivity index (χ4v) is 2.64. The maximum Gasteiger partial charge on any atom is 0.410 e. The summed E-state index contributed by atoms with van der Waals surface area (Å²) in [5, 5.41) is 10.6. The number of halogens is 3. The molecular weight excluding hydrogens is 320 g/mol. The first-order valence-electron chi connectivity index (χ1n) is 6.38. The second kappa shape index (κ2) is 5.30. The molecule has 1 aliphatic heterocycles. The quantitative estimate of drug-likeness (QED) is 0.798. The zero-order chi connectivity index (χ0) is 16.0. The lowest BCUT2D eigenvalue weighted by molar-refractivity contribution is -0.105. The molecule has 1 saturated heterocycles. The van der Waals surface area contributed by atoms with Gasteiger partial charge < -0.3 is 14.7 Å². The molecule has 0 saturated carbocycles. The third-order valence-electron chi connectivity index (χ3n) is 3.07. The normalized spacial score (nSPS) is 17.4. The molecule has 1 N–H and O–H groups in total. The Morgan fingerprint density at radius 1 is 1.38 bits per heavy atom. The second-order valence-corrected chi connectivity index (χ2v) is 6.87. The maximum atomic E-state index is 13.9. The van der Waals surface area contributed by atoms with Gasteiger partial charge in [-0.1, -0.05) is 23.2 Å². The number of rotatable bonds is 1. The van der Waals surface area contributed by atoms with Crippen molar-refractivity contribution in [3.8, 4) is 0 Å². The van der Waals surface area contributed by atoms with Gasteiger partial charge in [-0.05, 0) is 32.9 Å². The molecule has 1 aromatic rings. The van der Waals surface area contributed by atoms with E-state index in [0.29, 0.717) is 0 Å². The Hall–Kier alpha value is -1.04. The Morgan fingerprint density at radius 3 is 2.48 bits per heavy atom. The van der Waals surface area contributed by atoms with Crippen LogP contribution in [-0.4, -0.2) is 34.8 Å². The van der Waals surface area contributed by atoms with Crippen molar-refractivity contribution in [3.05, 3.63) is 33.6 Å². The van der Waals surface area contributed by atoms with E-state index in [2.05, 4.69) is 0 Å². The van der Waals surface area contributed by atoms with Crippen LogP contribution in [0.2, 0.25) is 10.0 Å². The number of β-amino-alcohol motifs (C(OH)–C–C–N with tert-alkyl or cyclic N) is 1. The minimum Gasteiger partial charge on any atom is -0.444 e. The van der Waals surface area contributed by atoms with Crippen molar-refractivity contribution < 1.29 is 19.0 Å². The number of carbonyl (C=O) groups is 1. The minimum absolute atomic E-state index is 0.0389. The molecule has 0 unspecified atom stereocenters. The predicted octanol–water partition coefficient (Wildman–Crippen LogP) is 3.57. The minimum atomic E-state index is -1.55. The number of aliphatic hydroxyl groups is 1. The summed E-state index contributed by atoms with van der Waals surface area (Å²) < 4.78 is 19.1. The summed E-state index contributed by atoms with van der Waals surface area (Å²) in [4.78, 5) is 13.1. The number of hydrogen-bond donors (Lipinski definition) is 1. The number of likely N-dealkylation sites (tertiary alicyclic amines) is 1. The van der Waals surface area contributed by atoms with Crippen molar-refractivity contribution in [2.24, 2.45) is 0 Å². The van der Waals surface area contributed by atoms with Crippen LogP contribution in [0.25, 0.3) is 0 Å². The highest BCUT2D eigenvalue weighted by Crippen LogP contribution is 2.40. The molecule has 4 nitrogen and oxygen atoms in total. The van der Waals surface area contributed by atoms with Crippen molar-refractivity contribution in [2.75, 3.05) is 13.1 Å². The Balaban J connectivity index is 2.16. The molecule has 1 aromatic carbocycles. The van der Waals surface area contributed by atoms with E-state index in [9.17, 15) is 14.3 Å². The van der Waals surface area contributed by atoms with Gasteiger partial charge in [-0.15, -0.1) is 0 Å². The summed E-state index contributed by atoms with van der Waals surface area (Å²) in [5.74, 6) is -0.657. The number of hydrogen-bond acceptors (Lipinski definition) is 3. The van der Waals surface area contributed by atoms with Gasteiger partial charge in [0, 0.05) is 5.56 Å². The van der Waals surface area contributed by atoms with Gasteiger partial charge in [0.1, 0.15) is 17.0 Å². The summed E-state index contributed by atoms with van der Waals surface area (Å²) in [6.45, 7) is 5.02. The Morgan fingerprint density at radius 2 is 1.95 bits per heavy atom. The van der Waals surface area contributed by atoms with Crippen LogP contribution in [0.5, 0.6) is 0 Å². The third-order valence-corrected chi connectivity index (χ3v) is 3.87. The smallest absolute Gasteiger partial charge is 0.410 e. The predicted molar refractivity (Wildman–Crippen MR) is 78.1 cm³/mol. The molecule has 2 rings (SSSR count). The van der Waals surface area contributed by atoms with E-state index in [1.54, 1.807) is 20.8 Å². The van der Waals surface area contributed by atoms with E-state index in [0.717, 1.165) is 6.07 Å². The highest BCUT2D eigenvalue weighted by molar-refractivity contribution is 6.42. The molecule has 0 spiro atoms. The van der Waals surface area contributed by atoms with Crippen molar-refractivity contribution in [1.29, 1.82) is 0 Å². The number of amides is 1. The Labute approximate surface area is 132 Å². The van der Waals surface area contributed by atoms with Gasteiger partial charge in [0.2, 0.25) is 0 Å². The molecule has 0 aromatic heterocycles. The molecule has 0 radical (unpaired) electrons. The molecular formula is C14H16Cl2FNO3. The molecule has 21 heavy (non-hydrogen) atoms. The van der Waals surface area contributed by atoms with Gasteiger partial charge in [0.15, 0.2) is 0 Å². The van der Waals surface area contributed by atoms with Crippen LogP contribution in [0, 0.1) is 5.82 Å². The Kier molecular flexibility index (Phi) is 4.12. The summed E-state index contributed by atoms with van der Waals surface area (Å²) in [6, 6.07) is 2.45.